The zero-order valence-electron chi connectivity index (χ0n) is 10.9. The molecule has 2 rings (SSSR count). The summed E-state index contributed by atoms with van der Waals surface area (Å²) in [5, 5.41) is 0.682. The van der Waals surface area contributed by atoms with Gasteiger partial charge >= 0.3 is 0 Å². The summed E-state index contributed by atoms with van der Waals surface area (Å²) < 4.78 is 0. The van der Waals surface area contributed by atoms with Crippen molar-refractivity contribution < 1.29 is 0 Å². The minimum Gasteiger partial charge on any atom is -0.257 e. The van der Waals surface area contributed by atoms with Crippen molar-refractivity contribution in [3.63, 3.8) is 0 Å². The first-order valence-electron chi connectivity index (χ1n) is 6.35. The largest absolute Gasteiger partial charge is 0.257 e. The maximum absolute atomic E-state index is 4.84. The zero-order valence-corrected chi connectivity index (χ0v) is 12.8. The molecule has 0 saturated heterocycles. The Kier molecular flexibility index (Phi) is 4.10. The van der Waals surface area contributed by atoms with E-state index in [-0.39, 0.29) is 0 Å². The molecule has 0 amide bonds. The predicted octanol–water partition coefficient (Wildman–Crippen LogP) is 4.88. The van der Waals surface area contributed by atoms with E-state index in [1.54, 1.807) is 0 Å². The number of nitrogens with zero attached hydrogens (tertiary/aromatic N) is 1. The van der Waals surface area contributed by atoms with Crippen LogP contribution in [-0.2, 0) is 0 Å². The van der Waals surface area contributed by atoms with Crippen LogP contribution in [0, 0.1) is 0 Å². The summed E-state index contributed by atoms with van der Waals surface area (Å²) in [5.74, 6) is 0. The van der Waals surface area contributed by atoms with Crippen LogP contribution in [0.2, 0.25) is 19.6 Å². The van der Waals surface area contributed by atoms with Crippen LogP contribution in [0.1, 0.15) is 19.3 Å². The van der Waals surface area contributed by atoms with Gasteiger partial charge in [0.25, 0.3) is 0 Å². The van der Waals surface area contributed by atoms with Crippen LogP contribution in [0.15, 0.2) is 35.3 Å². The average Bonchev–Trinajstić information content (AvgIpc) is 2.65. The summed E-state index contributed by atoms with van der Waals surface area (Å²) in [6.07, 6.45) is 3.82. The van der Waals surface area contributed by atoms with Crippen LogP contribution in [0.25, 0.3) is 0 Å². The highest BCUT2D eigenvalue weighted by atomic mass is 32.4. The Morgan fingerprint density at radius 1 is 1.18 bits per heavy atom. The van der Waals surface area contributed by atoms with Gasteiger partial charge in [0.2, 0.25) is 0 Å². The van der Waals surface area contributed by atoms with Crippen molar-refractivity contribution in [3.8, 4) is 0 Å². The van der Waals surface area contributed by atoms with Gasteiger partial charge in [-0.3, -0.25) is 4.99 Å². The summed E-state index contributed by atoms with van der Waals surface area (Å²) in [6.45, 7) is 7.28. The molecule has 3 heteroatoms. The molecule has 1 aliphatic carbocycles. The van der Waals surface area contributed by atoms with E-state index >= 15 is 0 Å². The molecule has 1 aromatic rings. The van der Waals surface area contributed by atoms with E-state index in [0.29, 0.717) is 5.25 Å². The maximum Gasteiger partial charge on any atom is 0.109 e. The Labute approximate surface area is 109 Å². The van der Waals surface area contributed by atoms with Crippen molar-refractivity contribution >= 4 is 29.8 Å². The smallest absolute Gasteiger partial charge is 0.109 e. The van der Waals surface area contributed by atoms with E-state index in [1.165, 1.54) is 25.0 Å². The second-order valence-corrected chi connectivity index (χ2v) is 15.0. The lowest BCUT2D eigenvalue weighted by Crippen LogP contribution is -2.22. The van der Waals surface area contributed by atoms with E-state index < -0.39 is 7.22 Å². The average molecular weight is 263 g/mol. The van der Waals surface area contributed by atoms with Gasteiger partial charge in [-0.1, -0.05) is 37.8 Å². The normalized spacial score (nSPS) is 23.2. The molecule has 1 unspecified atom stereocenters. The molecule has 1 aliphatic rings. The number of hydrogen-bond donors (Lipinski definition) is 0. The molecular formula is C14H21NSSi. The second kappa shape index (κ2) is 5.40. The van der Waals surface area contributed by atoms with Crippen LogP contribution < -0.4 is 0 Å². The molecule has 0 N–H and O–H groups in total. The number of hydrogen-bond acceptors (Lipinski definition) is 2. The van der Waals surface area contributed by atoms with Gasteiger partial charge in [0.1, 0.15) is 7.22 Å². The van der Waals surface area contributed by atoms with Crippen LogP contribution >= 0.6 is 11.2 Å². The van der Waals surface area contributed by atoms with Crippen LogP contribution in [-0.4, -0.2) is 18.2 Å². The first kappa shape index (κ1) is 12.9. The van der Waals surface area contributed by atoms with Crippen molar-refractivity contribution in [2.75, 3.05) is 0 Å². The van der Waals surface area contributed by atoms with Gasteiger partial charge < -0.3 is 0 Å². The molecule has 0 radical (unpaired) electrons. The number of para-hydroxylation sites is 1. The van der Waals surface area contributed by atoms with Crippen LogP contribution in [0.5, 0.6) is 0 Å². The van der Waals surface area contributed by atoms with Crippen molar-refractivity contribution in [1.82, 2.24) is 0 Å². The molecule has 0 aliphatic heterocycles. The quantitative estimate of drug-likeness (QED) is 0.708. The highest BCUT2D eigenvalue weighted by Gasteiger charge is 2.28. The third-order valence-electron chi connectivity index (χ3n) is 2.80. The Morgan fingerprint density at radius 2 is 1.88 bits per heavy atom. The van der Waals surface area contributed by atoms with E-state index in [4.69, 9.17) is 4.99 Å². The molecule has 92 valence electrons. The van der Waals surface area contributed by atoms with Crippen LogP contribution in [0.4, 0.5) is 5.69 Å². The molecule has 17 heavy (non-hydrogen) atoms. The molecular weight excluding hydrogens is 242 g/mol. The molecule has 0 spiro atoms. The third-order valence-corrected chi connectivity index (χ3v) is 7.27. The first-order valence-corrected chi connectivity index (χ1v) is 11.5. The summed E-state index contributed by atoms with van der Waals surface area (Å²) in [6, 6.07) is 10.4. The molecule has 1 aromatic carbocycles. The van der Waals surface area contributed by atoms with E-state index in [9.17, 15) is 0 Å². The summed E-state index contributed by atoms with van der Waals surface area (Å²) in [4.78, 5) is 4.84. The molecule has 1 atom stereocenters. The first-order chi connectivity index (χ1) is 8.04. The van der Waals surface area contributed by atoms with E-state index in [2.05, 4.69) is 55.1 Å². The molecule has 0 heterocycles. The fourth-order valence-electron chi connectivity index (χ4n) is 2.15. The fraction of sp³-hybridized carbons (Fsp3) is 0.500. The minimum atomic E-state index is -1.05. The zero-order chi connectivity index (χ0) is 12.3. The molecule has 1 fully saturated rings. The standard InChI is InChI=1S/C14H21NSSi/c1-17(2,3)16-14-11-7-10-13(14)15-12-8-5-4-6-9-12/h4-6,8-9,14H,7,10-11H2,1-3H3/b15-13+. The minimum absolute atomic E-state index is 0.682. The Hall–Kier alpha value is -0.543. The topological polar surface area (TPSA) is 12.4 Å². The van der Waals surface area contributed by atoms with Crippen molar-refractivity contribution in [1.29, 1.82) is 0 Å². The van der Waals surface area contributed by atoms with Crippen LogP contribution in [0.3, 0.4) is 0 Å². The SMILES string of the molecule is C[Si](C)(C)SC1CCC/C1=N\c1ccccc1. The Balaban J connectivity index is 2.12. The lowest BCUT2D eigenvalue weighted by molar-refractivity contribution is 0.895. The summed E-state index contributed by atoms with van der Waals surface area (Å²) in [5.41, 5.74) is 2.54. The number of rotatable bonds is 3. The van der Waals surface area contributed by atoms with E-state index in [0.717, 1.165) is 5.69 Å². The van der Waals surface area contributed by atoms with Gasteiger partial charge in [-0.05, 0) is 31.4 Å². The fourth-order valence-corrected chi connectivity index (χ4v) is 6.91. The Bertz CT molecular complexity index is 394. The maximum atomic E-state index is 4.84. The predicted molar refractivity (Wildman–Crippen MR) is 82.1 cm³/mol. The summed E-state index contributed by atoms with van der Waals surface area (Å²) in [7, 11) is -1.05. The number of aliphatic imine (C=N–C) groups is 1. The Morgan fingerprint density at radius 3 is 2.53 bits per heavy atom. The van der Waals surface area contributed by atoms with Crippen molar-refractivity contribution in [2.45, 2.75) is 44.2 Å². The van der Waals surface area contributed by atoms with E-state index in [1.807, 2.05) is 6.07 Å². The lowest BCUT2D eigenvalue weighted by Gasteiger charge is -2.21. The molecule has 0 aromatic heterocycles. The second-order valence-electron chi connectivity index (χ2n) is 5.55. The highest BCUT2D eigenvalue weighted by molar-refractivity contribution is 8.29. The van der Waals surface area contributed by atoms with Gasteiger partial charge in [-0.25, -0.2) is 0 Å². The van der Waals surface area contributed by atoms with Gasteiger partial charge in [0, 0.05) is 11.0 Å². The molecule has 1 saturated carbocycles. The van der Waals surface area contributed by atoms with Gasteiger partial charge in [0.05, 0.1) is 5.69 Å². The monoisotopic (exact) mass is 263 g/mol. The van der Waals surface area contributed by atoms with Gasteiger partial charge in [0.15, 0.2) is 0 Å². The van der Waals surface area contributed by atoms with Crippen molar-refractivity contribution in [2.24, 2.45) is 4.99 Å². The highest BCUT2D eigenvalue weighted by Crippen LogP contribution is 2.35. The molecule has 0 bridgehead atoms. The number of benzene rings is 1. The third kappa shape index (κ3) is 4.00. The van der Waals surface area contributed by atoms with Gasteiger partial charge in [-0.15, -0.1) is 0 Å². The van der Waals surface area contributed by atoms with Gasteiger partial charge in [-0.2, -0.15) is 11.2 Å². The van der Waals surface area contributed by atoms with Crippen molar-refractivity contribution in [3.05, 3.63) is 30.3 Å². The molecule has 1 nitrogen and oxygen atoms in total. The lowest BCUT2D eigenvalue weighted by atomic mass is 10.3. The summed E-state index contributed by atoms with van der Waals surface area (Å²) >= 11 is 2.20.